The number of hydrogen-bond acceptors (Lipinski definition) is 7. The second-order valence-electron chi connectivity index (χ2n) is 17.3. The summed E-state index contributed by atoms with van der Waals surface area (Å²) in [5.41, 5.74) is -0.363. The molecule has 0 radical (unpaired) electrons. The molecule has 8 nitrogen and oxygen atoms in total. The van der Waals surface area contributed by atoms with Crippen molar-refractivity contribution in [3.63, 3.8) is 0 Å². The minimum Gasteiger partial charge on any atom is -0.481 e. The van der Waals surface area contributed by atoms with Gasteiger partial charge in [-0.3, -0.25) is 9.59 Å². The molecule has 0 amide bonds. The molecule has 0 bridgehead atoms. The van der Waals surface area contributed by atoms with Gasteiger partial charge in [-0.1, -0.05) is 52.7 Å². The van der Waals surface area contributed by atoms with Crippen LogP contribution in [-0.2, 0) is 14.3 Å². The molecule has 4 rings (SSSR count). The summed E-state index contributed by atoms with van der Waals surface area (Å²) in [7, 11) is 0. The van der Waals surface area contributed by atoms with E-state index in [4.69, 9.17) is 9.84 Å². The number of aliphatic hydroxyl groups is 4. The maximum absolute atomic E-state index is 13.0. The fraction of sp³-hybridized carbons (Fsp3) is 0.889. The summed E-state index contributed by atoms with van der Waals surface area (Å²) in [6, 6.07) is 0. The zero-order valence-corrected chi connectivity index (χ0v) is 28.7. The van der Waals surface area contributed by atoms with Gasteiger partial charge in [0.05, 0.1) is 36.3 Å². The molecule has 0 aliphatic heterocycles. The molecule has 2 saturated carbocycles. The second kappa shape index (κ2) is 11.6. The maximum atomic E-state index is 13.0. The minimum absolute atomic E-state index is 0.0459. The predicted octanol–water partition coefficient (Wildman–Crippen LogP) is 5.78. The molecule has 252 valence electrons. The molecule has 0 aromatic carbocycles. The molecule has 0 spiro atoms. The fourth-order valence-corrected chi connectivity index (χ4v) is 10.7. The number of hydrogen-bond donors (Lipinski definition) is 5. The van der Waals surface area contributed by atoms with E-state index in [1.807, 2.05) is 0 Å². The van der Waals surface area contributed by atoms with Gasteiger partial charge in [0.2, 0.25) is 0 Å². The lowest BCUT2D eigenvalue weighted by atomic mass is 9.43. The summed E-state index contributed by atoms with van der Waals surface area (Å²) in [5.74, 6) is -0.696. The predicted molar refractivity (Wildman–Crippen MR) is 169 cm³/mol. The Bertz CT molecular complexity index is 1150. The Morgan fingerprint density at radius 3 is 2.18 bits per heavy atom. The van der Waals surface area contributed by atoms with Gasteiger partial charge in [0.1, 0.15) is 6.10 Å². The Labute approximate surface area is 264 Å². The molecule has 44 heavy (non-hydrogen) atoms. The first-order valence-electron chi connectivity index (χ1n) is 16.9. The van der Waals surface area contributed by atoms with Gasteiger partial charge in [-0.25, -0.2) is 0 Å². The highest BCUT2D eigenvalue weighted by molar-refractivity contribution is 5.74. The van der Waals surface area contributed by atoms with E-state index < -0.39 is 59.7 Å². The summed E-state index contributed by atoms with van der Waals surface area (Å²) in [6.45, 7) is 18.4. The molecule has 4 aliphatic carbocycles. The molecular formula is C36H60O8. The average Bonchev–Trinajstić information content (AvgIpc) is 3.15. The largest absolute Gasteiger partial charge is 0.481 e. The Balaban J connectivity index is 1.60. The number of carbonyl (C=O) groups is 2. The van der Waals surface area contributed by atoms with Gasteiger partial charge in [-0.05, 0) is 118 Å². The standard InChI is InChI=1S/C36H60O8/c1-21(10-13-27(37)32(4,5)42)22-14-16-36(9)24-11-12-26-31(2,3)30(41)25(44-29(40)20-33(6,43)19-28(38)39)18-34(26,7)23(24)15-17-35(22,36)8/h21-22,25-27,30,37,41-43H,10-20H2,1-9H3,(H,38,39)/t21-,22-,25-,26?,27-,30-,33?,34-,35-,36+/m1/s1. The van der Waals surface area contributed by atoms with Gasteiger partial charge in [0, 0.05) is 0 Å². The van der Waals surface area contributed by atoms with Crippen LogP contribution in [0.5, 0.6) is 0 Å². The molecule has 2 fully saturated rings. The zero-order valence-electron chi connectivity index (χ0n) is 28.7. The van der Waals surface area contributed by atoms with Crippen molar-refractivity contribution in [1.82, 2.24) is 0 Å². The molecule has 0 saturated heterocycles. The molecule has 4 aliphatic rings. The van der Waals surface area contributed by atoms with Gasteiger partial charge in [-0.15, -0.1) is 0 Å². The van der Waals surface area contributed by atoms with E-state index in [-0.39, 0.29) is 22.2 Å². The normalized spacial score (nSPS) is 39.4. The van der Waals surface area contributed by atoms with Gasteiger partial charge in [0.15, 0.2) is 0 Å². The van der Waals surface area contributed by atoms with Crippen molar-refractivity contribution in [2.24, 2.45) is 39.4 Å². The van der Waals surface area contributed by atoms with Crippen LogP contribution in [0.1, 0.15) is 133 Å². The average molecular weight is 621 g/mol. The fourth-order valence-electron chi connectivity index (χ4n) is 10.7. The summed E-state index contributed by atoms with van der Waals surface area (Å²) < 4.78 is 5.90. The number of fused-ring (bicyclic) bond motifs is 4. The number of ether oxygens (including phenoxy) is 1. The number of aliphatic hydroxyl groups excluding tert-OH is 2. The molecule has 5 N–H and O–H groups in total. The number of aliphatic carboxylic acids is 1. The van der Waals surface area contributed by atoms with Crippen molar-refractivity contribution in [2.45, 2.75) is 162 Å². The van der Waals surface area contributed by atoms with E-state index >= 15 is 0 Å². The highest BCUT2D eigenvalue weighted by atomic mass is 16.6. The van der Waals surface area contributed by atoms with Gasteiger partial charge in [-0.2, -0.15) is 0 Å². The first-order valence-corrected chi connectivity index (χ1v) is 16.9. The third-order valence-electron chi connectivity index (χ3n) is 13.5. The number of rotatable bonds is 10. The highest BCUT2D eigenvalue weighted by Gasteiger charge is 2.65. The van der Waals surface area contributed by atoms with E-state index in [1.54, 1.807) is 19.4 Å². The van der Waals surface area contributed by atoms with Crippen LogP contribution in [0.4, 0.5) is 0 Å². The van der Waals surface area contributed by atoms with E-state index in [0.29, 0.717) is 24.7 Å². The summed E-state index contributed by atoms with van der Waals surface area (Å²) in [6.07, 6.45) is 4.91. The van der Waals surface area contributed by atoms with Crippen molar-refractivity contribution in [2.75, 3.05) is 0 Å². The van der Waals surface area contributed by atoms with Gasteiger partial charge < -0.3 is 30.3 Å². The molecule has 2 unspecified atom stereocenters. The van der Waals surface area contributed by atoms with E-state index in [9.17, 15) is 30.0 Å². The SMILES string of the molecule is C[C@H](CC[C@@H](O)C(C)(C)O)[C@H]1CC[C@@]2(C)C3=C(CC[C@]12C)[C@@]1(C)C[C@@H](OC(=O)CC(C)(O)CC(=O)O)[C@@H](O)C(C)(C)C1CC3. The Morgan fingerprint density at radius 2 is 1.59 bits per heavy atom. The third-order valence-corrected chi connectivity index (χ3v) is 13.5. The van der Waals surface area contributed by atoms with E-state index in [2.05, 4.69) is 41.5 Å². The number of carboxylic acid groups (broad SMARTS) is 1. The third kappa shape index (κ3) is 6.02. The van der Waals surface area contributed by atoms with Crippen LogP contribution < -0.4 is 0 Å². The molecule has 0 aromatic rings. The van der Waals surface area contributed by atoms with Crippen molar-refractivity contribution in [3.05, 3.63) is 11.1 Å². The van der Waals surface area contributed by atoms with E-state index in [0.717, 1.165) is 44.9 Å². The van der Waals surface area contributed by atoms with Crippen LogP contribution in [-0.4, -0.2) is 67.0 Å². The van der Waals surface area contributed by atoms with Crippen LogP contribution >= 0.6 is 0 Å². The van der Waals surface area contributed by atoms with Crippen LogP contribution in [0.2, 0.25) is 0 Å². The monoisotopic (exact) mass is 620 g/mol. The lowest BCUT2D eigenvalue weighted by molar-refractivity contribution is -0.192. The summed E-state index contributed by atoms with van der Waals surface area (Å²) >= 11 is 0. The van der Waals surface area contributed by atoms with Crippen LogP contribution in [0.25, 0.3) is 0 Å². The van der Waals surface area contributed by atoms with Crippen molar-refractivity contribution >= 4 is 11.9 Å². The lowest BCUT2D eigenvalue weighted by Gasteiger charge is -2.63. The first-order chi connectivity index (χ1) is 20.0. The number of carbonyl (C=O) groups excluding carboxylic acids is 1. The van der Waals surface area contributed by atoms with Crippen molar-refractivity contribution in [3.8, 4) is 0 Å². The zero-order chi connectivity index (χ0) is 33.3. The molecule has 0 aromatic heterocycles. The van der Waals surface area contributed by atoms with Crippen molar-refractivity contribution < 1.29 is 39.9 Å². The molecular weight excluding hydrogens is 560 g/mol. The lowest BCUT2D eigenvalue weighted by Crippen LogP contribution is -2.60. The molecule has 8 heteroatoms. The number of carboxylic acids is 1. The smallest absolute Gasteiger partial charge is 0.309 e. The molecule has 0 heterocycles. The summed E-state index contributed by atoms with van der Waals surface area (Å²) in [4.78, 5) is 24.1. The first kappa shape index (κ1) is 35.4. The topological polar surface area (TPSA) is 145 Å². The quantitative estimate of drug-likeness (QED) is 0.153. The Kier molecular flexibility index (Phi) is 9.36. The minimum atomic E-state index is -1.73. The Morgan fingerprint density at radius 1 is 0.955 bits per heavy atom. The van der Waals surface area contributed by atoms with Crippen LogP contribution in [0, 0.1) is 39.4 Å². The summed E-state index contributed by atoms with van der Waals surface area (Å²) in [5, 5.41) is 51.9. The van der Waals surface area contributed by atoms with Crippen molar-refractivity contribution in [1.29, 1.82) is 0 Å². The number of esters is 1. The Hall–Kier alpha value is -1.48. The second-order valence-corrected chi connectivity index (χ2v) is 17.3. The van der Waals surface area contributed by atoms with Gasteiger partial charge >= 0.3 is 11.9 Å². The number of allylic oxidation sites excluding steroid dienone is 2. The van der Waals surface area contributed by atoms with E-state index in [1.165, 1.54) is 12.5 Å². The highest BCUT2D eigenvalue weighted by Crippen LogP contribution is 2.72. The van der Waals surface area contributed by atoms with Crippen LogP contribution in [0.15, 0.2) is 11.1 Å². The molecule has 10 atom stereocenters. The maximum Gasteiger partial charge on any atom is 0.309 e. The van der Waals surface area contributed by atoms with Gasteiger partial charge in [0.25, 0.3) is 0 Å². The van der Waals surface area contributed by atoms with Crippen LogP contribution in [0.3, 0.4) is 0 Å².